The predicted octanol–water partition coefficient (Wildman–Crippen LogP) is -2.88. The van der Waals surface area contributed by atoms with Crippen LogP contribution >= 0.6 is 0 Å². The van der Waals surface area contributed by atoms with E-state index in [0.717, 1.165) is 13.9 Å². The van der Waals surface area contributed by atoms with E-state index in [4.69, 9.17) is 9.47 Å². The van der Waals surface area contributed by atoms with Crippen molar-refractivity contribution in [1.29, 1.82) is 0 Å². The van der Waals surface area contributed by atoms with Crippen LogP contribution in [-0.2, 0) is 21.3 Å². The predicted molar refractivity (Wildman–Crippen MR) is 74.0 cm³/mol. The van der Waals surface area contributed by atoms with Crippen LogP contribution in [-0.4, -0.2) is 61.4 Å². The van der Waals surface area contributed by atoms with Crippen LogP contribution in [0.5, 0.6) is 0 Å². The number of hydrogen-bond acceptors (Lipinski definition) is 8. The summed E-state index contributed by atoms with van der Waals surface area (Å²) in [5, 5.41) is 21.2. The van der Waals surface area contributed by atoms with Gasteiger partial charge >= 0.3 is 17.3 Å². The largest absolute Gasteiger partial charge is 0.483 e. The Morgan fingerprint density at radius 1 is 1.35 bits per heavy atom. The molecule has 0 amide bonds. The molecule has 1 aromatic rings. The molecule has 11 nitrogen and oxygen atoms in total. The number of fused-ring (bicyclic) bond motifs is 1. The van der Waals surface area contributed by atoms with Gasteiger partial charge in [0.15, 0.2) is 12.2 Å². The molecule has 3 aliphatic rings. The van der Waals surface area contributed by atoms with E-state index in [2.05, 4.69) is 4.99 Å². The lowest BCUT2D eigenvalue weighted by Gasteiger charge is -2.47. The van der Waals surface area contributed by atoms with Gasteiger partial charge in [0.25, 0.3) is 0 Å². The molecule has 0 aromatic carbocycles. The number of carbonyl (C=O) groups excluding carboxylic acids is 1. The second-order valence-electron chi connectivity index (χ2n) is 5.29. The molecule has 126 valence electrons. The summed E-state index contributed by atoms with van der Waals surface area (Å²) in [5.41, 5.74) is -4.00. The average Bonchev–Trinajstić information content (AvgIpc) is 2.76. The fourth-order valence-corrected chi connectivity index (χ4v) is 3.02. The van der Waals surface area contributed by atoms with Crippen LogP contribution in [0.25, 0.3) is 0 Å². The van der Waals surface area contributed by atoms with E-state index in [1.54, 1.807) is 0 Å². The molecular weight excluding hydrogens is 312 g/mol. The van der Waals surface area contributed by atoms with Gasteiger partial charge < -0.3 is 19.7 Å². The molecule has 0 saturated carbocycles. The molecule has 23 heavy (non-hydrogen) atoms. The van der Waals surface area contributed by atoms with E-state index in [-0.39, 0.29) is 12.5 Å². The third-order valence-corrected chi connectivity index (χ3v) is 4.15. The molecule has 4 rings (SSSR count). The van der Waals surface area contributed by atoms with Crippen molar-refractivity contribution < 1.29 is 24.5 Å². The number of rotatable bonds is 2. The first-order chi connectivity index (χ1) is 10.8. The van der Waals surface area contributed by atoms with Crippen LogP contribution in [0.1, 0.15) is 19.1 Å². The Labute approximate surface area is 129 Å². The van der Waals surface area contributed by atoms with Crippen LogP contribution in [0.2, 0.25) is 0 Å². The summed E-state index contributed by atoms with van der Waals surface area (Å²) in [6.07, 6.45) is -3.16. The lowest BCUT2D eigenvalue weighted by Crippen LogP contribution is -2.69. The molecule has 0 spiro atoms. The maximum Gasteiger partial charge on any atom is 0.349 e. The monoisotopic (exact) mass is 328 g/mol. The first-order valence-corrected chi connectivity index (χ1v) is 6.90. The second-order valence-corrected chi connectivity index (χ2v) is 5.29. The number of hydrogen-bond donors (Lipinski definition) is 2. The fraction of sp³-hybridized carbons (Fsp3) is 0.667. The van der Waals surface area contributed by atoms with Gasteiger partial charge in [-0.05, 0) is 6.92 Å². The number of nitrogens with zero attached hydrogens (tertiary/aromatic N) is 4. The van der Waals surface area contributed by atoms with Crippen LogP contribution in [0.15, 0.2) is 14.6 Å². The summed E-state index contributed by atoms with van der Waals surface area (Å²) >= 11 is 0. The maximum atomic E-state index is 12.3. The molecule has 0 saturated heterocycles. The topological polar surface area (TPSA) is 137 Å². The minimum atomic E-state index is -2.49. The Kier molecular flexibility index (Phi) is 3.23. The van der Waals surface area contributed by atoms with E-state index < -0.39 is 41.3 Å². The molecule has 2 N–H and O–H groups in total. The number of esters is 1. The molecule has 0 radical (unpaired) electrons. The van der Waals surface area contributed by atoms with Gasteiger partial charge in [-0.1, -0.05) is 0 Å². The Morgan fingerprint density at radius 3 is 2.52 bits per heavy atom. The van der Waals surface area contributed by atoms with Crippen LogP contribution in [0.4, 0.5) is 0 Å². The summed E-state index contributed by atoms with van der Waals surface area (Å²) in [6, 6.07) is -1.51. The zero-order valence-corrected chi connectivity index (χ0v) is 12.7. The van der Waals surface area contributed by atoms with Crippen molar-refractivity contribution in [2.45, 2.75) is 30.8 Å². The number of aliphatic hydroxyl groups excluding tert-OH is 1. The Morgan fingerprint density at radius 2 is 1.96 bits per heavy atom. The molecular formula is C12H16N4O7. The summed E-state index contributed by atoms with van der Waals surface area (Å²) in [4.78, 5) is 40.7. The van der Waals surface area contributed by atoms with E-state index in [0.29, 0.717) is 0 Å². The molecule has 0 aliphatic carbocycles. The fourth-order valence-electron chi connectivity index (χ4n) is 3.02. The Balaban J connectivity index is 2.32. The molecule has 11 heteroatoms. The summed E-state index contributed by atoms with van der Waals surface area (Å²) in [6.45, 7) is 1.49. The van der Waals surface area contributed by atoms with Crippen molar-refractivity contribution in [2.24, 2.45) is 12.0 Å². The third-order valence-electron chi connectivity index (χ3n) is 4.15. The number of ether oxygens (including phenoxy) is 2. The highest BCUT2D eigenvalue weighted by Crippen LogP contribution is 2.42. The van der Waals surface area contributed by atoms with Crippen molar-refractivity contribution in [3.05, 3.63) is 21.0 Å². The van der Waals surface area contributed by atoms with Gasteiger partial charge in [0.2, 0.25) is 11.5 Å². The minimum Gasteiger partial charge on any atom is -0.483 e. The van der Waals surface area contributed by atoms with Crippen LogP contribution in [0.3, 0.4) is 0 Å². The van der Waals surface area contributed by atoms with E-state index in [1.165, 1.54) is 21.1 Å². The summed E-state index contributed by atoms with van der Waals surface area (Å²) < 4.78 is 12.4. The maximum absolute atomic E-state index is 12.3. The van der Waals surface area contributed by atoms with E-state index in [9.17, 15) is 24.6 Å². The van der Waals surface area contributed by atoms with Crippen molar-refractivity contribution >= 4 is 11.9 Å². The highest BCUT2D eigenvalue weighted by atomic mass is 16.6. The number of aliphatic hydroxyl groups is 2. The van der Waals surface area contributed by atoms with Gasteiger partial charge in [-0.3, -0.25) is 0 Å². The molecule has 4 heterocycles. The second kappa shape index (κ2) is 4.80. The normalized spacial score (nSPS) is 31.5. The smallest absolute Gasteiger partial charge is 0.349 e. The third kappa shape index (κ3) is 1.65. The van der Waals surface area contributed by atoms with Gasteiger partial charge in [0, 0.05) is 7.05 Å². The first-order valence-electron chi connectivity index (χ1n) is 6.90. The Bertz CT molecular complexity index is 818. The van der Waals surface area contributed by atoms with Gasteiger partial charge in [-0.15, -0.1) is 0 Å². The zero-order valence-electron chi connectivity index (χ0n) is 12.7. The lowest BCUT2D eigenvalue weighted by atomic mass is 9.82. The van der Waals surface area contributed by atoms with Crippen molar-refractivity contribution in [3.8, 4) is 0 Å². The molecule has 1 aromatic heterocycles. The van der Waals surface area contributed by atoms with Crippen LogP contribution in [0, 0.1) is 0 Å². The Hall–Kier alpha value is -2.40. The van der Waals surface area contributed by atoms with Crippen molar-refractivity contribution in [1.82, 2.24) is 13.9 Å². The molecule has 4 unspecified atom stereocenters. The standard InChI is InChI=1S/C12H16N4O7/c1-4-23-9(18)12(21)5-8(22-3)13-7(6(12)17)16-11(20)14(2)10(19)15(5)16/h5-7,17,21H,4H2,1-3H3. The SMILES string of the molecule is CCOC(=O)C1(O)C(O)C2N=C(OC)C1n1c(=O)n(C)c(=O)n12. The quantitative estimate of drug-likeness (QED) is 0.556. The minimum absolute atomic E-state index is 0.0405. The number of aliphatic imine (C=N–C) groups is 1. The van der Waals surface area contributed by atoms with Crippen LogP contribution < -0.4 is 11.4 Å². The van der Waals surface area contributed by atoms with Gasteiger partial charge in [0.1, 0.15) is 6.10 Å². The zero-order chi connectivity index (χ0) is 17.1. The molecule has 0 fully saturated rings. The summed E-state index contributed by atoms with van der Waals surface area (Å²) in [7, 11) is 2.48. The molecule has 2 bridgehead atoms. The number of aromatic nitrogens is 3. The molecule has 4 atom stereocenters. The average molecular weight is 328 g/mol. The highest BCUT2D eigenvalue weighted by Gasteiger charge is 2.66. The van der Waals surface area contributed by atoms with Gasteiger partial charge in [-0.25, -0.2) is 33.3 Å². The summed E-state index contributed by atoms with van der Waals surface area (Å²) in [5.74, 6) is -1.27. The van der Waals surface area contributed by atoms with E-state index in [1.807, 2.05) is 0 Å². The van der Waals surface area contributed by atoms with Gasteiger partial charge in [0.05, 0.1) is 13.7 Å². The van der Waals surface area contributed by atoms with E-state index >= 15 is 0 Å². The number of carbonyl (C=O) groups is 1. The van der Waals surface area contributed by atoms with Gasteiger partial charge in [-0.2, -0.15) is 0 Å². The highest BCUT2D eigenvalue weighted by molar-refractivity contribution is 5.93. The van der Waals surface area contributed by atoms with Crippen molar-refractivity contribution in [3.63, 3.8) is 0 Å². The lowest BCUT2D eigenvalue weighted by molar-refractivity contribution is -0.200. The molecule has 3 aliphatic heterocycles. The number of methoxy groups -OCH3 is 1. The van der Waals surface area contributed by atoms with Crippen molar-refractivity contribution in [2.75, 3.05) is 13.7 Å². The first kappa shape index (κ1) is 15.5.